The standard InChI is InChI=1S/C15H31N3/c1-3-9-16-14-7-5-11-18(12-14)15-8-6-10-17(4-2)13-15/h14-16H,3-13H2,1-2H3. The SMILES string of the molecule is CCCNC1CCCN(C2CCCN(CC)C2)C1. The summed E-state index contributed by atoms with van der Waals surface area (Å²) in [6.07, 6.45) is 6.81. The zero-order valence-corrected chi connectivity index (χ0v) is 12.3. The lowest BCUT2D eigenvalue weighted by molar-refractivity contribution is 0.0733. The van der Waals surface area contributed by atoms with Crippen LogP contribution in [0.25, 0.3) is 0 Å². The highest BCUT2D eigenvalue weighted by Crippen LogP contribution is 2.20. The topological polar surface area (TPSA) is 18.5 Å². The predicted molar refractivity (Wildman–Crippen MR) is 78.0 cm³/mol. The molecule has 2 atom stereocenters. The van der Waals surface area contributed by atoms with Crippen LogP contribution in [0.3, 0.4) is 0 Å². The number of hydrogen-bond acceptors (Lipinski definition) is 3. The van der Waals surface area contributed by atoms with Crippen molar-refractivity contribution in [3.05, 3.63) is 0 Å². The minimum atomic E-state index is 0.746. The second-order valence-corrected chi connectivity index (χ2v) is 5.98. The Morgan fingerprint density at radius 2 is 1.89 bits per heavy atom. The van der Waals surface area contributed by atoms with E-state index in [-0.39, 0.29) is 0 Å². The highest BCUT2D eigenvalue weighted by molar-refractivity contribution is 4.86. The van der Waals surface area contributed by atoms with E-state index in [0.29, 0.717) is 0 Å². The summed E-state index contributed by atoms with van der Waals surface area (Å²) < 4.78 is 0. The number of likely N-dealkylation sites (N-methyl/N-ethyl adjacent to an activating group) is 1. The Labute approximate surface area is 113 Å². The van der Waals surface area contributed by atoms with E-state index in [1.54, 1.807) is 0 Å². The molecule has 0 saturated carbocycles. The van der Waals surface area contributed by atoms with Gasteiger partial charge in [-0.3, -0.25) is 4.90 Å². The fraction of sp³-hybridized carbons (Fsp3) is 1.00. The van der Waals surface area contributed by atoms with Crippen molar-refractivity contribution in [2.75, 3.05) is 39.3 Å². The molecule has 2 fully saturated rings. The maximum Gasteiger partial charge on any atom is 0.0224 e. The number of likely N-dealkylation sites (tertiary alicyclic amines) is 2. The molecule has 0 bridgehead atoms. The highest BCUT2D eigenvalue weighted by atomic mass is 15.2. The van der Waals surface area contributed by atoms with Crippen LogP contribution in [0.2, 0.25) is 0 Å². The molecule has 0 aromatic rings. The van der Waals surface area contributed by atoms with Crippen LogP contribution in [0.15, 0.2) is 0 Å². The molecule has 3 heteroatoms. The van der Waals surface area contributed by atoms with Gasteiger partial charge in [0.2, 0.25) is 0 Å². The second kappa shape index (κ2) is 7.46. The van der Waals surface area contributed by atoms with Gasteiger partial charge >= 0.3 is 0 Å². The van der Waals surface area contributed by atoms with Gasteiger partial charge in [-0.2, -0.15) is 0 Å². The molecule has 0 spiro atoms. The zero-order valence-electron chi connectivity index (χ0n) is 12.3. The van der Waals surface area contributed by atoms with Gasteiger partial charge in [-0.05, 0) is 58.3 Å². The lowest BCUT2D eigenvalue weighted by atomic mass is 9.98. The van der Waals surface area contributed by atoms with E-state index in [4.69, 9.17) is 0 Å². The molecule has 0 aliphatic carbocycles. The first-order chi connectivity index (χ1) is 8.83. The van der Waals surface area contributed by atoms with E-state index >= 15 is 0 Å². The average molecular weight is 253 g/mol. The molecule has 1 N–H and O–H groups in total. The monoisotopic (exact) mass is 253 g/mol. The summed E-state index contributed by atoms with van der Waals surface area (Å²) in [4.78, 5) is 5.38. The minimum Gasteiger partial charge on any atom is -0.313 e. The maximum absolute atomic E-state index is 3.71. The Bertz CT molecular complexity index is 232. The summed E-state index contributed by atoms with van der Waals surface area (Å²) in [5, 5.41) is 3.71. The summed E-state index contributed by atoms with van der Waals surface area (Å²) >= 11 is 0. The third-order valence-corrected chi connectivity index (χ3v) is 4.58. The Morgan fingerprint density at radius 1 is 1.06 bits per heavy atom. The van der Waals surface area contributed by atoms with Crippen LogP contribution in [0.4, 0.5) is 0 Å². The van der Waals surface area contributed by atoms with Crippen molar-refractivity contribution in [1.82, 2.24) is 15.1 Å². The predicted octanol–water partition coefficient (Wildman–Crippen LogP) is 1.93. The van der Waals surface area contributed by atoms with Crippen LogP contribution in [0, 0.1) is 0 Å². The van der Waals surface area contributed by atoms with Crippen LogP contribution in [0.5, 0.6) is 0 Å². The largest absolute Gasteiger partial charge is 0.313 e. The van der Waals surface area contributed by atoms with Gasteiger partial charge in [-0.1, -0.05) is 13.8 Å². The van der Waals surface area contributed by atoms with Crippen LogP contribution >= 0.6 is 0 Å². The summed E-state index contributed by atoms with van der Waals surface area (Å²) in [6, 6.07) is 1.57. The van der Waals surface area contributed by atoms with Gasteiger partial charge < -0.3 is 10.2 Å². The molecular weight excluding hydrogens is 222 g/mol. The molecule has 0 amide bonds. The van der Waals surface area contributed by atoms with Crippen molar-refractivity contribution in [3.8, 4) is 0 Å². The van der Waals surface area contributed by atoms with E-state index in [0.717, 1.165) is 12.1 Å². The lowest BCUT2D eigenvalue weighted by Crippen LogP contribution is -2.54. The minimum absolute atomic E-state index is 0.746. The first-order valence-electron chi connectivity index (χ1n) is 8.03. The van der Waals surface area contributed by atoms with Crippen LogP contribution in [-0.2, 0) is 0 Å². The van der Waals surface area contributed by atoms with Crippen LogP contribution in [-0.4, -0.2) is 61.2 Å². The molecular formula is C15H31N3. The van der Waals surface area contributed by atoms with Gasteiger partial charge in [-0.25, -0.2) is 0 Å². The molecule has 2 aliphatic heterocycles. The Hall–Kier alpha value is -0.120. The average Bonchev–Trinajstić information content (AvgIpc) is 2.45. The number of nitrogens with one attached hydrogen (secondary N) is 1. The molecule has 18 heavy (non-hydrogen) atoms. The smallest absolute Gasteiger partial charge is 0.0224 e. The first kappa shape index (κ1) is 14.3. The third-order valence-electron chi connectivity index (χ3n) is 4.58. The van der Waals surface area contributed by atoms with Gasteiger partial charge in [0.15, 0.2) is 0 Å². The molecule has 3 nitrogen and oxygen atoms in total. The summed E-state index contributed by atoms with van der Waals surface area (Å²) in [5.74, 6) is 0. The lowest BCUT2D eigenvalue weighted by Gasteiger charge is -2.43. The normalized spacial score (nSPS) is 31.7. The van der Waals surface area contributed by atoms with Gasteiger partial charge in [0.05, 0.1) is 0 Å². The van der Waals surface area contributed by atoms with E-state index in [9.17, 15) is 0 Å². The zero-order chi connectivity index (χ0) is 12.8. The third kappa shape index (κ3) is 3.94. The molecule has 2 rings (SSSR count). The Balaban J connectivity index is 1.80. The number of nitrogens with zero attached hydrogens (tertiary/aromatic N) is 2. The van der Waals surface area contributed by atoms with Gasteiger partial charge in [0.1, 0.15) is 0 Å². The number of piperidine rings is 2. The molecule has 106 valence electrons. The van der Waals surface area contributed by atoms with Crippen molar-refractivity contribution in [2.45, 2.75) is 58.0 Å². The van der Waals surface area contributed by atoms with Crippen molar-refractivity contribution in [3.63, 3.8) is 0 Å². The summed E-state index contributed by atoms with van der Waals surface area (Å²) in [7, 11) is 0. The fourth-order valence-corrected chi connectivity index (χ4v) is 3.47. The quantitative estimate of drug-likeness (QED) is 0.808. The van der Waals surface area contributed by atoms with E-state index in [2.05, 4.69) is 29.0 Å². The number of hydrogen-bond donors (Lipinski definition) is 1. The second-order valence-electron chi connectivity index (χ2n) is 5.98. The van der Waals surface area contributed by atoms with Crippen LogP contribution < -0.4 is 5.32 Å². The first-order valence-corrected chi connectivity index (χ1v) is 8.03. The van der Waals surface area contributed by atoms with Crippen molar-refractivity contribution < 1.29 is 0 Å². The van der Waals surface area contributed by atoms with E-state index in [1.165, 1.54) is 71.4 Å². The summed E-state index contributed by atoms with van der Waals surface area (Å²) in [6.45, 7) is 12.2. The number of rotatable bonds is 5. The van der Waals surface area contributed by atoms with Crippen LogP contribution in [0.1, 0.15) is 46.0 Å². The maximum atomic E-state index is 3.71. The van der Waals surface area contributed by atoms with E-state index < -0.39 is 0 Å². The van der Waals surface area contributed by atoms with Gasteiger partial charge in [0.25, 0.3) is 0 Å². The molecule has 2 aliphatic rings. The van der Waals surface area contributed by atoms with Crippen molar-refractivity contribution in [1.29, 1.82) is 0 Å². The Morgan fingerprint density at radius 3 is 2.67 bits per heavy atom. The van der Waals surface area contributed by atoms with E-state index in [1.807, 2.05) is 0 Å². The summed E-state index contributed by atoms with van der Waals surface area (Å²) in [5.41, 5.74) is 0. The van der Waals surface area contributed by atoms with Gasteiger partial charge in [-0.15, -0.1) is 0 Å². The Kier molecular flexibility index (Phi) is 5.93. The highest BCUT2D eigenvalue weighted by Gasteiger charge is 2.28. The molecule has 2 saturated heterocycles. The molecule has 0 aromatic heterocycles. The van der Waals surface area contributed by atoms with Crippen molar-refractivity contribution >= 4 is 0 Å². The van der Waals surface area contributed by atoms with Gasteiger partial charge in [0, 0.05) is 25.2 Å². The van der Waals surface area contributed by atoms with Crippen molar-refractivity contribution in [2.24, 2.45) is 0 Å². The molecule has 2 unspecified atom stereocenters. The molecule has 0 aromatic carbocycles. The molecule has 2 heterocycles. The molecule has 0 radical (unpaired) electrons. The fourth-order valence-electron chi connectivity index (χ4n) is 3.47.